The number of halogens is 3. The number of methoxy groups -OCH3 is 1. The average molecular weight is 585 g/mol. The summed E-state index contributed by atoms with van der Waals surface area (Å²) in [4.78, 5) is 37.2. The number of carboxylic acid groups (broad SMARTS) is 1. The Morgan fingerprint density at radius 1 is 1.07 bits per heavy atom. The highest BCUT2D eigenvalue weighted by molar-refractivity contribution is 6.31. The zero-order chi connectivity index (χ0) is 28.7. The first-order valence-corrected chi connectivity index (χ1v) is 12.3. The Morgan fingerprint density at radius 3 is 2.52 bits per heavy atom. The fourth-order valence-corrected chi connectivity index (χ4v) is 4.62. The number of aromatic nitrogens is 5. The van der Waals surface area contributed by atoms with Crippen LogP contribution >= 0.6 is 23.2 Å². The molecule has 40 heavy (non-hydrogen) atoms. The normalized spacial score (nSPS) is 11.9. The fraction of sp³-hybridized carbons (Fsp3) is 0.115. The number of rotatable bonds is 7. The Labute approximate surface area is 234 Å². The Kier molecular flexibility index (Phi) is 7.04. The number of nitrogens with zero attached hydrogens (tertiary/aromatic N) is 5. The second kappa shape index (κ2) is 10.5. The number of ether oxygens (including phenoxy) is 1. The van der Waals surface area contributed by atoms with Gasteiger partial charge in [0.25, 0.3) is 17.8 Å². The lowest BCUT2D eigenvalue weighted by atomic mass is 10.0. The second-order valence-electron chi connectivity index (χ2n) is 8.64. The number of nitrogens with one attached hydrogen (secondary N) is 1. The lowest BCUT2D eigenvalue weighted by molar-refractivity contribution is -0.123. The van der Waals surface area contributed by atoms with Crippen molar-refractivity contribution in [3.05, 3.63) is 87.1 Å². The molecule has 3 aromatic heterocycles. The molecule has 5 aromatic rings. The van der Waals surface area contributed by atoms with E-state index < -0.39 is 23.7 Å². The van der Waals surface area contributed by atoms with Crippen LogP contribution in [0.2, 0.25) is 10.2 Å². The van der Waals surface area contributed by atoms with Crippen LogP contribution in [0.4, 0.5) is 10.1 Å². The first kappa shape index (κ1) is 26.9. The molecule has 3 heterocycles. The van der Waals surface area contributed by atoms with Gasteiger partial charge in [0.1, 0.15) is 11.4 Å². The highest BCUT2D eigenvalue weighted by atomic mass is 35.5. The number of aryl methyl sites for hydroxylation is 1. The molecule has 11 nitrogen and oxygen atoms in total. The molecule has 204 valence electrons. The smallest absolute Gasteiger partial charge is 0.352 e. The van der Waals surface area contributed by atoms with Crippen molar-refractivity contribution in [1.29, 1.82) is 0 Å². The van der Waals surface area contributed by atoms with Gasteiger partial charge in [0.2, 0.25) is 0 Å². The topological polar surface area (TPSA) is 133 Å². The molecule has 0 radical (unpaired) electrons. The van der Waals surface area contributed by atoms with E-state index in [1.807, 2.05) is 0 Å². The lowest BCUT2D eigenvalue weighted by Gasteiger charge is -2.17. The zero-order valence-corrected chi connectivity index (χ0v) is 22.3. The van der Waals surface area contributed by atoms with Gasteiger partial charge in [-0.15, -0.1) is 5.10 Å². The predicted octanol–water partition coefficient (Wildman–Crippen LogP) is 4.71. The first-order chi connectivity index (χ1) is 19.1. The van der Waals surface area contributed by atoms with E-state index in [2.05, 4.69) is 15.6 Å². The number of alkyl halides is 1. The van der Waals surface area contributed by atoms with Gasteiger partial charge in [0, 0.05) is 45.9 Å². The van der Waals surface area contributed by atoms with Crippen molar-refractivity contribution in [2.24, 2.45) is 7.05 Å². The number of carbonyl (C=O) groups excluding carboxylic acids is 1. The van der Waals surface area contributed by atoms with Gasteiger partial charge in [0.05, 0.1) is 25.2 Å². The van der Waals surface area contributed by atoms with E-state index in [0.717, 1.165) is 12.3 Å². The Hall–Kier alpha value is -4.68. The molecule has 0 spiro atoms. The largest absolute Gasteiger partial charge is 0.495 e. The molecule has 0 fully saturated rings. The Morgan fingerprint density at radius 2 is 1.85 bits per heavy atom. The van der Waals surface area contributed by atoms with Crippen LogP contribution in [0.1, 0.15) is 16.8 Å². The van der Waals surface area contributed by atoms with Gasteiger partial charge in [-0.25, -0.2) is 13.9 Å². The van der Waals surface area contributed by atoms with Gasteiger partial charge >= 0.3 is 5.97 Å². The number of anilines is 1. The highest BCUT2D eigenvalue weighted by Crippen LogP contribution is 2.35. The maximum Gasteiger partial charge on any atom is 0.352 e. The minimum Gasteiger partial charge on any atom is -0.495 e. The minimum atomic E-state index is -2.41. The second-order valence-corrected chi connectivity index (χ2v) is 9.46. The molecule has 14 heteroatoms. The molecule has 0 aliphatic carbocycles. The number of benzene rings is 2. The summed E-state index contributed by atoms with van der Waals surface area (Å²) < 4.78 is 24.3. The van der Waals surface area contributed by atoms with Crippen LogP contribution in [0, 0.1) is 0 Å². The number of pyridine rings is 1. The third-order valence-electron chi connectivity index (χ3n) is 6.21. The summed E-state index contributed by atoms with van der Waals surface area (Å²) in [5.74, 6) is -2.15. The SMILES string of the molecule is COc1cn(C(F)C(=O)Nc2ccc3c(c2)cc(C(=O)O)n3C)c(=O)cc1-c1cc(Cl)ccc1-n1cc(Cl)nn1. The molecule has 0 saturated carbocycles. The monoisotopic (exact) mass is 584 g/mol. The van der Waals surface area contributed by atoms with Crippen LogP contribution in [-0.4, -0.2) is 48.2 Å². The Bertz CT molecular complexity index is 1860. The summed E-state index contributed by atoms with van der Waals surface area (Å²) in [6.45, 7) is 0. The van der Waals surface area contributed by atoms with Crippen molar-refractivity contribution in [2.45, 2.75) is 6.30 Å². The van der Waals surface area contributed by atoms with Crippen molar-refractivity contribution in [3.63, 3.8) is 0 Å². The summed E-state index contributed by atoms with van der Waals surface area (Å²) in [5.41, 5.74) is 1.21. The molecule has 1 amide bonds. The van der Waals surface area contributed by atoms with E-state index in [1.54, 1.807) is 31.3 Å². The van der Waals surface area contributed by atoms with Gasteiger partial charge in [-0.2, -0.15) is 0 Å². The number of amides is 1. The summed E-state index contributed by atoms with van der Waals surface area (Å²) in [5, 5.41) is 20.5. The van der Waals surface area contributed by atoms with Gasteiger partial charge in [-0.05, 0) is 42.5 Å². The molecular formula is C26H19Cl2FN6O5. The predicted molar refractivity (Wildman–Crippen MR) is 146 cm³/mol. The molecule has 0 aliphatic rings. The lowest BCUT2D eigenvalue weighted by Crippen LogP contribution is -2.30. The molecule has 0 saturated heterocycles. The average Bonchev–Trinajstić information content (AvgIpc) is 3.50. The van der Waals surface area contributed by atoms with Gasteiger partial charge in [-0.1, -0.05) is 28.4 Å². The number of aromatic carboxylic acids is 1. The number of carbonyl (C=O) groups is 2. The minimum absolute atomic E-state index is 0.0513. The molecular weight excluding hydrogens is 566 g/mol. The van der Waals surface area contributed by atoms with E-state index in [4.69, 9.17) is 27.9 Å². The molecule has 2 aromatic carbocycles. The van der Waals surface area contributed by atoms with Gasteiger partial charge in [-0.3, -0.25) is 14.2 Å². The van der Waals surface area contributed by atoms with Crippen molar-refractivity contribution in [3.8, 4) is 22.6 Å². The summed E-state index contributed by atoms with van der Waals surface area (Å²) in [6.07, 6.45) is 0.129. The number of hydrogen-bond donors (Lipinski definition) is 2. The molecule has 2 N–H and O–H groups in total. The van der Waals surface area contributed by atoms with Gasteiger partial charge < -0.3 is 19.7 Å². The van der Waals surface area contributed by atoms with Crippen molar-refractivity contribution in [1.82, 2.24) is 24.1 Å². The van der Waals surface area contributed by atoms with E-state index in [-0.39, 0.29) is 27.8 Å². The molecule has 0 bridgehead atoms. The highest BCUT2D eigenvalue weighted by Gasteiger charge is 2.24. The van der Waals surface area contributed by atoms with E-state index in [9.17, 15) is 19.5 Å². The molecule has 0 aliphatic heterocycles. The molecule has 1 atom stereocenters. The van der Waals surface area contributed by atoms with Crippen LogP contribution in [0.3, 0.4) is 0 Å². The van der Waals surface area contributed by atoms with E-state index in [1.165, 1.54) is 40.8 Å². The van der Waals surface area contributed by atoms with Crippen molar-refractivity contribution in [2.75, 3.05) is 12.4 Å². The molecule has 5 rings (SSSR count). The van der Waals surface area contributed by atoms with E-state index in [0.29, 0.717) is 31.7 Å². The van der Waals surface area contributed by atoms with Crippen LogP contribution in [0.25, 0.3) is 27.7 Å². The molecule has 1 unspecified atom stereocenters. The van der Waals surface area contributed by atoms with E-state index >= 15 is 4.39 Å². The van der Waals surface area contributed by atoms with Crippen molar-refractivity contribution >= 4 is 51.7 Å². The van der Waals surface area contributed by atoms with Crippen LogP contribution < -0.4 is 15.6 Å². The summed E-state index contributed by atoms with van der Waals surface area (Å²) in [7, 11) is 2.93. The number of carboxylic acids is 1. The quantitative estimate of drug-likeness (QED) is 0.283. The first-order valence-electron chi connectivity index (χ1n) is 11.5. The van der Waals surface area contributed by atoms with Gasteiger partial charge in [0.15, 0.2) is 5.15 Å². The summed E-state index contributed by atoms with van der Waals surface area (Å²) in [6, 6.07) is 12.0. The van der Waals surface area contributed by atoms with Crippen molar-refractivity contribution < 1.29 is 23.8 Å². The Balaban J connectivity index is 1.48. The third kappa shape index (κ3) is 4.90. The fourth-order valence-electron chi connectivity index (χ4n) is 4.32. The number of fused-ring (bicyclic) bond motifs is 1. The van der Waals surface area contributed by atoms with Crippen LogP contribution in [0.5, 0.6) is 5.75 Å². The summed E-state index contributed by atoms with van der Waals surface area (Å²) >= 11 is 12.1. The van der Waals surface area contributed by atoms with Crippen LogP contribution in [-0.2, 0) is 11.8 Å². The zero-order valence-electron chi connectivity index (χ0n) is 20.8. The maximum atomic E-state index is 15.4. The third-order valence-corrected chi connectivity index (χ3v) is 6.62. The number of hydrogen-bond acceptors (Lipinski definition) is 6. The van der Waals surface area contributed by atoms with Crippen LogP contribution in [0.15, 0.2) is 65.7 Å². The standard InChI is InChI=1S/C26H19Cl2FN6O5/c1-33-18-6-4-15(7-13(18)8-20(33)26(38)39)30-25(37)24(29)34-11-21(40-2)17(10-23(34)36)16-9-14(27)3-5-19(16)35-12-22(28)31-32-35/h3-12,24H,1-2H3,(H,30,37)(H,38,39). The maximum absolute atomic E-state index is 15.4.